The first kappa shape index (κ1) is 16.8. The predicted molar refractivity (Wildman–Crippen MR) is 93.6 cm³/mol. The fourth-order valence-electron chi connectivity index (χ4n) is 2.23. The van der Waals surface area contributed by atoms with Crippen molar-refractivity contribution in [1.29, 1.82) is 0 Å². The van der Waals surface area contributed by atoms with Gasteiger partial charge in [0.15, 0.2) is 5.76 Å². The van der Waals surface area contributed by atoms with E-state index >= 15 is 0 Å². The Hall–Kier alpha value is -3.03. The van der Waals surface area contributed by atoms with Gasteiger partial charge in [-0.15, -0.1) is 0 Å². The number of oxazole rings is 1. The molecule has 0 saturated carbocycles. The lowest BCUT2D eigenvalue weighted by Gasteiger charge is -2.14. The molecule has 0 radical (unpaired) electrons. The van der Waals surface area contributed by atoms with Gasteiger partial charge in [-0.3, -0.25) is 0 Å². The maximum atomic E-state index is 11.0. The summed E-state index contributed by atoms with van der Waals surface area (Å²) < 4.78 is 10.9. The molecule has 1 aromatic heterocycles. The van der Waals surface area contributed by atoms with Crippen LogP contribution in [0.4, 0.5) is 10.5 Å². The molecule has 0 aliphatic heterocycles. The Morgan fingerprint density at radius 1 is 1.24 bits per heavy atom. The summed E-state index contributed by atoms with van der Waals surface area (Å²) in [5.74, 6) is 7.12. The zero-order valence-electron chi connectivity index (χ0n) is 13.1. The van der Waals surface area contributed by atoms with Crippen LogP contribution < -0.4 is 15.6 Å². The highest BCUT2D eigenvalue weighted by Gasteiger charge is 2.16. The van der Waals surface area contributed by atoms with Crippen LogP contribution in [0.25, 0.3) is 22.8 Å². The molecule has 0 fully saturated rings. The van der Waals surface area contributed by atoms with Gasteiger partial charge in [0.05, 0.1) is 24.0 Å². The number of benzene rings is 2. The lowest BCUT2D eigenvalue weighted by Crippen LogP contribution is -2.36. The standard InChI is InChI=1S/C17H14ClN3O4/c1-24-12-5-2-10(3-6-12)15-9-20-16(25-15)11-4-7-13(18)14(8-11)21(19)17(22)23/h2-9H,19H2,1H3,(H,22,23). The number of aromatic nitrogens is 1. The number of hydrogen-bond donors (Lipinski definition) is 2. The van der Waals surface area contributed by atoms with Gasteiger partial charge in [-0.1, -0.05) is 11.6 Å². The number of rotatable bonds is 4. The average Bonchev–Trinajstić information content (AvgIpc) is 3.11. The molecule has 0 atom stereocenters. The molecule has 128 valence electrons. The average molecular weight is 360 g/mol. The van der Waals surface area contributed by atoms with Gasteiger partial charge < -0.3 is 14.3 Å². The molecule has 0 unspecified atom stereocenters. The lowest BCUT2D eigenvalue weighted by atomic mass is 10.2. The smallest absolute Gasteiger partial charge is 0.426 e. The number of carbonyl (C=O) groups is 1. The molecule has 0 bridgehead atoms. The first-order valence-electron chi connectivity index (χ1n) is 7.17. The fraction of sp³-hybridized carbons (Fsp3) is 0.0588. The van der Waals surface area contributed by atoms with Gasteiger partial charge in [0, 0.05) is 11.1 Å². The Kier molecular flexibility index (Phi) is 4.60. The number of hydrazine groups is 1. The van der Waals surface area contributed by atoms with Crippen molar-refractivity contribution in [2.75, 3.05) is 12.1 Å². The SMILES string of the molecule is COc1ccc(-c2cnc(-c3ccc(Cl)c(N(N)C(=O)O)c3)o2)cc1. The topological polar surface area (TPSA) is 102 Å². The molecule has 0 aliphatic carbocycles. The number of carboxylic acid groups (broad SMARTS) is 1. The maximum absolute atomic E-state index is 11.0. The number of ether oxygens (including phenoxy) is 1. The Morgan fingerprint density at radius 3 is 2.56 bits per heavy atom. The predicted octanol–water partition coefficient (Wildman–Crippen LogP) is 4.03. The fourth-order valence-corrected chi connectivity index (χ4v) is 2.44. The van der Waals surface area contributed by atoms with E-state index < -0.39 is 6.09 Å². The summed E-state index contributed by atoms with van der Waals surface area (Å²) in [7, 11) is 1.59. The van der Waals surface area contributed by atoms with Crippen molar-refractivity contribution in [3.8, 4) is 28.5 Å². The highest BCUT2D eigenvalue weighted by Crippen LogP contribution is 2.32. The van der Waals surface area contributed by atoms with E-state index in [-0.39, 0.29) is 10.7 Å². The van der Waals surface area contributed by atoms with Gasteiger partial charge in [0.1, 0.15) is 5.75 Å². The van der Waals surface area contributed by atoms with E-state index in [9.17, 15) is 4.79 Å². The van der Waals surface area contributed by atoms with Gasteiger partial charge >= 0.3 is 6.09 Å². The molecule has 0 aliphatic rings. The summed E-state index contributed by atoms with van der Waals surface area (Å²) in [5, 5.41) is 9.75. The molecule has 7 nitrogen and oxygen atoms in total. The minimum atomic E-state index is -1.33. The zero-order chi connectivity index (χ0) is 18.0. The van der Waals surface area contributed by atoms with Crippen LogP contribution in [-0.4, -0.2) is 23.3 Å². The Bertz CT molecular complexity index is 909. The molecular weight excluding hydrogens is 346 g/mol. The van der Waals surface area contributed by atoms with E-state index in [2.05, 4.69) is 4.98 Å². The van der Waals surface area contributed by atoms with Crippen molar-refractivity contribution in [1.82, 2.24) is 4.98 Å². The lowest BCUT2D eigenvalue weighted by molar-refractivity contribution is 0.202. The highest BCUT2D eigenvalue weighted by atomic mass is 35.5. The number of amides is 1. The van der Waals surface area contributed by atoms with Crippen LogP contribution >= 0.6 is 11.6 Å². The summed E-state index contributed by atoms with van der Waals surface area (Å²) in [6.07, 6.45) is 0.258. The largest absolute Gasteiger partial charge is 0.497 e. The second-order valence-electron chi connectivity index (χ2n) is 5.08. The van der Waals surface area contributed by atoms with E-state index in [1.54, 1.807) is 19.4 Å². The molecule has 3 N–H and O–H groups in total. The van der Waals surface area contributed by atoms with Crippen LogP contribution in [0.1, 0.15) is 0 Å². The molecule has 3 rings (SSSR count). The first-order chi connectivity index (χ1) is 12.0. The molecule has 1 heterocycles. The van der Waals surface area contributed by atoms with Crippen LogP contribution in [0.15, 0.2) is 53.1 Å². The van der Waals surface area contributed by atoms with Crippen LogP contribution in [0, 0.1) is 0 Å². The molecular formula is C17H14ClN3O4. The van der Waals surface area contributed by atoms with Crippen molar-refractivity contribution in [2.45, 2.75) is 0 Å². The van der Waals surface area contributed by atoms with Gasteiger partial charge in [-0.2, -0.15) is 0 Å². The molecule has 25 heavy (non-hydrogen) atoms. The molecule has 3 aromatic rings. The first-order valence-corrected chi connectivity index (χ1v) is 7.55. The Morgan fingerprint density at radius 2 is 1.92 bits per heavy atom. The monoisotopic (exact) mass is 359 g/mol. The third kappa shape index (κ3) is 3.42. The van der Waals surface area contributed by atoms with E-state index in [1.807, 2.05) is 24.3 Å². The van der Waals surface area contributed by atoms with Crippen molar-refractivity contribution in [2.24, 2.45) is 5.84 Å². The molecule has 8 heteroatoms. The molecule has 1 amide bonds. The summed E-state index contributed by atoms with van der Waals surface area (Å²) >= 11 is 6.00. The van der Waals surface area contributed by atoms with Gasteiger partial charge in [-0.05, 0) is 42.5 Å². The number of nitrogens with two attached hydrogens (primary N) is 1. The number of halogens is 1. The Balaban J connectivity index is 1.94. The third-order valence-electron chi connectivity index (χ3n) is 3.54. The van der Waals surface area contributed by atoms with Gasteiger partial charge in [0.2, 0.25) is 5.89 Å². The van der Waals surface area contributed by atoms with Crippen LogP contribution in [0.3, 0.4) is 0 Å². The van der Waals surface area contributed by atoms with Crippen LogP contribution in [0.5, 0.6) is 5.75 Å². The van der Waals surface area contributed by atoms with Gasteiger partial charge in [-0.25, -0.2) is 20.6 Å². The van der Waals surface area contributed by atoms with E-state index in [1.165, 1.54) is 12.1 Å². The molecule has 0 spiro atoms. The van der Waals surface area contributed by atoms with E-state index in [0.29, 0.717) is 22.2 Å². The second kappa shape index (κ2) is 6.84. The molecule has 2 aromatic carbocycles. The summed E-state index contributed by atoms with van der Waals surface area (Å²) in [6.45, 7) is 0. The van der Waals surface area contributed by atoms with Gasteiger partial charge in [0.25, 0.3) is 0 Å². The van der Waals surface area contributed by atoms with Crippen molar-refractivity contribution >= 4 is 23.4 Å². The van der Waals surface area contributed by atoms with Crippen molar-refractivity contribution < 1.29 is 19.1 Å². The number of nitrogens with zero attached hydrogens (tertiary/aromatic N) is 2. The number of anilines is 1. The van der Waals surface area contributed by atoms with E-state index in [0.717, 1.165) is 11.3 Å². The minimum absolute atomic E-state index is 0.135. The third-order valence-corrected chi connectivity index (χ3v) is 3.86. The number of hydrogen-bond acceptors (Lipinski definition) is 5. The summed E-state index contributed by atoms with van der Waals surface area (Å²) in [4.78, 5) is 15.3. The quantitative estimate of drug-likeness (QED) is 0.414. The minimum Gasteiger partial charge on any atom is -0.497 e. The summed E-state index contributed by atoms with van der Waals surface area (Å²) in [6, 6.07) is 12.0. The van der Waals surface area contributed by atoms with Crippen LogP contribution in [0.2, 0.25) is 5.02 Å². The highest BCUT2D eigenvalue weighted by molar-refractivity contribution is 6.33. The van der Waals surface area contributed by atoms with E-state index in [4.69, 9.17) is 31.7 Å². The van der Waals surface area contributed by atoms with Crippen molar-refractivity contribution in [3.05, 3.63) is 53.7 Å². The normalized spacial score (nSPS) is 10.5. The number of methoxy groups -OCH3 is 1. The van der Waals surface area contributed by atoms with Crippen LogP contribution in [-0.2, 0) is 0 Å². The summed E-state index contributed by atoms with van der Waals surface area (Å²) in [5.41, 5.74) is 1.52. The second-order valence-corrected chi connectivity index (χ2v) is 5.48. The zero-order valence-corrected chi connectivity index (χ0v) is 13.9. The van der Waals surface area contributed by atoms with Crippen molar-refractivity contribution in [3.63, 3.8) is 0 Å². The Labute approximate surface area is 148 Å². The molecule has 0 saturated heterocycles. The maximum Gasteiger partial charge on any atom is 0.426 e.